The molecule has 0 amide bonds. The largest absolute Gasteiger partial charge is 0.298 e. The maximum absolute atomic E-state index is 11.3. The topological polar surface area (TPSA) is 54.5 Å². The summed E-state index contributed by atoms with van der Waals surface area (Å²) in [6.07, 6.45) is 3.24. The number of sulfone groups is 1. The molecule has 0 unspecified atom stereocenters. The molecule has 0 saturated heterocycles. The van der Waals surface area contributed by atoms with Gasteiger partial charge < -0.3 is 0 Å². The molecular formula is C9H17NO3S. The molecule has 0 aromatic rings. The average molecular weight is 219 g/mol. The molecule has 1 saturated carbocycles. The Labute approximate surface area is 85.2 Å². The Balaban J connectivity index is 2.21. The maximum atomic E-state index is 11.3. The Kier molecular flexibility index (Phi) is 3.66. The molecule has 0 bridgehead atoms. The van der Waals surface area contributed by atoms with Gasteiger partial charge in [0.1, 0.15) is 15.6 Å². The van der Waals surface area contributed by atoms with Crippen molar-refractivity contribution >= 4 is 15.6 Å². The van der Waals surface area contributed by atoms with Crippen LogP contribution in [0.1, 0.15) is 12.8 Å². The summed E-state index contributed by atoms with van der Waals surface area (Å²) in [5, 5.41) is 0. The van der Waals surface area contributed by atoms with Crippen molar-refractivity contribution in [3.63, 3.8) is 0 Å². The van der Waals surface area contributed by atoms with E-state index in [0.717, 1.165) is 12.8 Å². The first kappa shape index (κ1) is 11.7. The van der Waals surface area contributed by atoms with Crippen LogP contribution in [0.25, 0.3) is 0 Å². The first-order valence-corrected chi connectivity index (χ1v) is 6.83. The molecular weight excluding hydrogens is 202 g/mol. The summed E-state index contributed by atoms with van der Waals surface area (Å²) in [7, 11) is -1.13. The van der Waals surface area contributed by atoms with Crippen molar-refractivity contribution < 1.29 is 13.2 Å². The Bertz CT molecular complexity index is 306. The van der Waals surface area contributed by atoms with Crippen molar-refractivity contribution in [1.82, 2.24) is 4.90 Å². The van der Waals surface area contributed by atoms with Gasteiger partial charge in [-0.05, 0) is 19.9 Å². The predicted molar refractivity (Wildman–Crippen MR) is 54.9 cm³/mol. The lowest BCUT2D eigenvalue weighted by Gasteiger charge is -2.14. The Hall–Kier alpha value is -0.420. The minimum absolute atomic E-state index is 0.126. The first-order valence-electron chi connectivity index (χ1n) is 4.77. The lowest BCUT2D eigenvalue weighted by atomic mass is 10.2. The molecule has 4 nitrogen and oxygen atoms in total. The zero-order valence-corrected chi connectivity index (χ0v) is 9.51. The van der Waals surface area contributed by atoms with Gasteiger partial charge in [0.15, 0.2) is 0 Å². The quantitative estimate of drug-likeness (QED) is 0.628. The molecule has 1 rings (SSSR count). The number of Topliss-reactive ketones (excluding diaryl/α,β-unsaturated/α-hetero) is 1. The van der Waals surface area contributed by atoms with Crippen LogP contribution < -0.4 is 0 Å². The van der Waals surface area contributed by atoms with E-state index in [9.17, 15) is 13.2 Å². The number of carbonyl (C=O) groups is 1. The molecule has 0 aliphatic heterocycles. The zero-order chi connectivity index (χ0) is 10.8. The predicted octanol–water partition coefficient (Wildman–Crippen LogP) is -0.0581. The van der Waals surface area contributed by atoms with Crippen LogP contribution >= 0.6 is 0 Å². The van der Waals surface area contributed by atoms with Gasteiger partial charge in [-0.15, -0.1) is 0 Å². The van der Waals surface area contributed by atoms with Crippen LogP contribution in [0.4, 0.5) is 0 Å². The highest BCUT2D eigenvalue weighted by molar-refractivity contribution is 7.90. The van der Waals surface area contributed by atoms with Crippen LogP contribution in [0.2, 0.25) is 0 Å². The molecule has 0 N–H and O–H groups in total. The van der Waals surface area contributed by atoms with Crippen LogP contribution in [0, 0.1) is 5.92 Å². The van der Waals surface area contributed by atoms with Gasteiger partial charge in [0.25, 0.3) is 0 Å². The van der Waals surface area contributed by atoms with Gasteiger partial charge in [-0.2, -0.15) is 0 Å². The number of likely N-dealkylation sites (N-methyl/N-ethyl adjacent to an activating group) is 1. The highest BCUT2D eigenvalue weighted by atomic mass is 32.2. The third kappa shape index (κ3) is 4.72. The van der Waals surface area contributed by atoms with Crippen LogP contribution in [-0.2, 0) is 14.6 Å². The number of ketones is 1. The second kappa shape index (κ2) is 4.40. The Morgan fingerprint density at radius 3 is 2.43 bits per heavy atom. The minimum atomic E-state index is -2.91. The molecule has 0 radical (unpaired) electrons. The van der Waals surface area contributed by atoms with Crippen molar-refractivity contribution in [2.45, 2.75) is 12.8 Å². The molecule has 14 heavy (non-hydrogen) atoms. The average Bonchev–Trinajstić information content (AvgIpc) is 2.81. The SMILES string of the molecule is CN(CCS(C)(=O)=O)CC(=O)C1CC1. The number of rotatable bonds is 6. The van der Waals surface area contributed by atoms with E-state index in [1.54, 1.807) is 11.9 Å². The summed E-state index contributed by atoms with van der Waals surface area (Å²) in [6, 6.07) is 0. The van der Waals surface area contributed by atoms with Crippen molar-refractivity contribution in [2.24, 2.45) is 5.92 Å². The summed E-state index contributed by atoms with van der Waals surface area (Å²) in [5.41, 5.74) is 0. The van der Waals surface area contributed by atoms with Gasteiger partial charge in [-0.25, -0.2) is 8.42 Å². The fraction of sp³-hybridized carbons (Fsp3) is 0.889. The lowest BCUT2D eigenvalue weighted by Crippen LogP contribution is -2.31. The minimum Gasteiger partial charge on any atom is -0.298 e. The van der Waals surface area contributed by atoms with E-state index in [-0.39, 0.29) is 17.5 Å². The van der Waals surface area contributed by atoms with E-state index in [2.05, 4.69) is 0 Å². The summed E-state index contributed by atoms with van der Waals surface area (Å²) in [4.78, 5) is 13.1. The van der Waals surface area contributed by atoms with E-state index in [1.807, 2.05) is 0 Å². The van der Waals surface area contributed by atoms with Crippen LogP contribution in [0.15, 0.2) is 0 Å². The molecule has 0 heterocycles. The monoisotopic (exact) mass is 219 g/mol. The first-order chi connectivity index (χ1) is 6.38. The fourth-order valence-corrected chi connectivity index (χ4v) is 1.84. The van der Waals surface area contributed by atoms with Crippen LogP contribution in [0.3, 0.4) is 0 Å². The zero-order valence-electron chi connectivity index (χ0n) is 8.69. The fourth-order valence-electron chi connectivity index (χ4n) is 1.20. The molecule has 1 fully saturated rings. The van der Waals surface area contributed by atoms with Gasteiger partial charge in [0.05, 0.1) is 12.3 Å². The highest BCUT2D eigenvalue weighted by Gasteiger charge is 2.29. The van der Waals surface area contributed by atoms with Crippen molar-refractivity contribution in [1.29, 1.82) is 0 Å². The van der Waals surface area contributed by atoms with Crippen molar-refractivity contribution in [3.05, 3.63) is 0 Å². The van der Waals surface area contributed by atoms with Crippen LogP contribution in [0.5, 0.6) is 0 Å². The molecule has 1 aliphatic carbocycles. The van der Waals surface area contributed by atoms with Gasteiger partial charge in [-0.3, -0.25) is 9.69 Å². The highest BCUT2D eigenvalue weighted by Crippen LogP contribution is 2.29. The second-order valence-electron chi connectivity index (χ2n) is 4.11. The summed E-state index contributed by atoms with van der Waals surface area (Å²) in [5.74, 6) is 0.637. The van der Waals surface area contributed by atoms with Gasteiger partial charge in [-0.1, -0.05) is 0 Å². The van der Waals surface area contributed by atoms with Crippen molar-refractivity contribution in [3.8, 4) is 0 Å². The third-order valence-corrected chi connectivity index (χ3v) is 3.23. The number of hydrogen-bond donors (Lipinski definition) is 0. The number of nitrogens with zero attached hydrogens (tertiary/aromatic N) is 1. The third-order valence-electron chi connectivity index (χ3n) is 2.30. The number of hydrogen-bond acceptors (Lipinski definition) is 4. The Morgan fingerprint density at radius 2 is 2.00 bits per heavy atom. The van der Waals surface area contributed by atoms with Gasteiger partial charge >= 0.3 is 0 Å². The molecule has 0 spiro atoms. The van der Waals surface area contributed by atoms with E-state index in [4.69, 9.17) is 0 Å². The normalized spacial score (nSPS) is 17.4. The van der Waals surface area contributed by atoms with E-state index >= 15 is 0 Å². The molecule has 0 aromatic carbocycles. The second-order valence-corrected chi connectivity index (χ2v) is 6.37. The molecule has 1 aliphatic rings. The lowest BCUT2D eigenvalue weighted by molar-refractivity contribution is -0.121. The van der Waals surface area contributed by atoms with E-state index in [0.29, 0.717) is 13.1 Å². The molecule has 82 valence electrons. The van der Waals surface area contributed by atoms with E-state index < -0.39 is 9.84 Å². The maximum Gasteiger partial charge on any atom is 0.149 e. The Morgan fingerprint density at radius 1 is 1.43 bits per heavy atom. The van der Waals surface area contributed by atoms with Gasteiger partial charge in [0, 0.05) is 18.7 Å². The van der Waals surface area contributed by atoms with E-state index in [1.165, 1.54) is 6.26 Å². The van der Waals surface area contributed by atoms with Crippen LogP contribution in [-0.4, -0.2) is 51.2 Å². The van der Waals surface area contributed by atoms with Gasteiger partial charge in [0.2, 0.25) is 0 Å². The van der Waals surface area contributed by atoms with Crippen molar-refractivity contribution in [2.75, 3.05) is 32.1 Å². The molecule has 0 aromatic heterocycles. The molecule has 0 atom stereocenters. The molecule has 5 heteroatoms. The standard InChI is InChI=1S/C9H17NO3S/c1-10(5-6-14(2,12)13)7-9(11)8-3-4-8/h8H,3-7H2,1-2H3. The summed E-state index contributed by atoms with van der Waals surface area (Å²) < 4.78 is 21.7. The summed E-state index contributed by atoms with van der Waals surface area (Å²) in [6.45, 7) is 0.831. The smallest absolute Gasteiger partial charge is 0.149 e. The number of carbonyl (C=O) groups excluding carboxylic acids is 1. The summed E-state index contributed by atoms with van der Waals surface area (Å²) >= 11 is 0.